The van der Waals surface area contributed by atoms with E-state index in [1.165, 1.54) is 23.8 Å². The molecule has 0 aliphatic carbocycles. The van der Waals surface area contributed by atoms with Crippen LogP contribution >= 0.6 is 23.8 Å². The Kier molecular flexibility index (Phi) is 7.10. The molecular weight excluding hydrogens is 384 g/mol. The maximum Gasteiger partial charge on any atom is 0.337 e. The molecule has 0 saturated carbocycles. The van der Waals surface area contributed by atoms with Gasteiger partial charge in [-0.25, -0.2) is 4.79 Å². The topological polar surface area (TPSA) is 78.4 Å². The van der Waals surface area contributed by atoms with Crippen molar-refractivity contribution in [3.05, 3.63) is 70.3 Å². The van der Waals surface area contributed by atoms with E-state index < -0.39 is 11.9 Å². The zero-order valence-corrected chi connectivity index (χ0v) is 16.4. The van der Waals surface area contributed by atoms with Crippen molar-refractivity contribution in [2.24, 2.45) is 0 Å². The minimum atomic E-state index is -1.15. The van der Waals surface area contributed by atoms with Crippen LogP contribution in [-0.2, 0) is 4.79 Å². The van der Waals surface area contributed by atoms with Gasteiger partial charge in [-0.15, -0.1) is 0 Å². The number of benzene rings is 2. The van der Waals surface area contributed by atoms with Gasteiger partial charge >= 0.3 is 5.97 Å². The Labute approximate surface area is 168 Å². The second-order valence-electron chi connectivity index (χ2n) is 6.10. The molecule has 0 heterocycles. The summed E-state index contributed by atoms with van der Waals surface area (Å²) >= 11 is 10.9. The van der Waals surface area contributed by atoms with Crippen LogP contribution in [-0.4, -0.2) is 22.1 Å². The second kappa shape index (κ2) is 9.30. The Morgan fingerprint density at radius 1 is 1.15 bits per heavy atom. The van der Waals surface area contributed by atoms with E-state index in [0.717, 1.165) is 5.56 Å². The zero-order chi connectivity index (χ0) is 20.0. The third-order valence-electron chi connectivity index (χ3n) is 3.72. The summed E-state index contributed by atoms with van der Waals surface area (Å²) in [6.07, 6.45) is 3.07. The van der Waals surface area contributed by atoms with Gasteiger partial charge in [0.15, 0.2) is 5.11 Å². The molecule has 2 aromatic carbocycles. The molecule has 0 bridgehead atoms. The van der Waals surface area contributed by atoms with Crippen molar-refractivity contribution >= 4 is 52.6 Å². The van der Waals surface area contributed by atoms with E-state index in [2.05, 4.69) is 24.5 Å². The average molecular weight is 403 g/mol. The molecule has 140 valence electrons. The zero-order valence-electron chi connectivity index (χ0n) is 14.8. The van der Waals surface area contributed by atoms with Crippen LogP contribution in [0.1, 0.15) is 41.3 Å². The molecule has 5 nitrogen and oxygen atoms in total. The van der Waals surface area contributed by atoms with Gasteiger partial charge in [-0.3, -0.25) is 10.1 Å². The normalized spacial score (nSPS) is 10.8. The number of aromatic carboxylic acids is 1. The molecule has 3 N–H and O–H groups in total. The molecule has 7 heteroatoms. The van der Waals surface area contributed by atoms with Crippen LogP contribution in [0, 0.1) is 0 Å². The maximum absolute atomic E-state index is 12.0. The van der Waals surface area contributed by atoms with Crippen molar-refractivity contribution in [2.45, 2.75) is 19.8 Å². The lowest BCUT2D eigenvalue weighted by molar-refractivity contribution is -0.115. The highest BCUT2D eigenvalue weighted by Crippen LogP contribution is 2.20. The van der Waals surface area contributed by atoms with Crippen LogP contribution in [0.5, 0.6) is 0 Å². The van der Waals surface area contributed by atoms with Crippen molar-refractivity contribution in [1.82, 2.24) is 5.32 Å². The molecule has 0 saturated heterocycles. The van der Waals surface area contributed by atoms with Gasteiger partial charge in [0.05, 0.1) is 10.6 Å². The van der Waals surface area contributed by atoms with Crippen LogP contribution in [0.2, 0.25) is 5.02 Å². The number of carboxylic acids is 1. The Morgan fingerprint density at radius 2 is 1.81 bits per heavy atom. The van der Waals surface area contributed by atoms with Gasteiger partial charge in [0.1, 0.15) is 0 Å². The maximum atomic E-state index is 12.0. The largest absolute Gasteiger partial charge is 0.478 e. The van der Waals surface area contributed by atoms with Gasteiger partial charge in [0, 0.05) is 11.8 Å². The van der Waals surface area contributed by atoms with Crippen molar-refractivity contribution in [2.75, 3.05) is 5.32 Å². The number of hydrogen-bond donors (Lipinski definition) is 3. The van der Waals surface area contributed by atoms with E-state index in [1.54, 1.807) is 12.1 Å². The SMILES string of the molecule is CC(C)c1ccc(/C=C/C(=O)NC(=S)Nc2ccc(Cl)c(C(=O)O)c2)cc1. The summed E-state index contributed by atoms with van der Waals surface area (Å²) in [6, 6.07) is 12.3. The number of anilines is 1. The van der Waals surface area contributed by atoms with E-state index in [9.17, 15) is 9.59 Å². The van der Waals surface area contributed by atoms with Crippen molar-refractivity contribution < 1.29 is 14.7 Å². The third kappa shape index (κ3) is 6.20. The lowest BCUT2D eigenvalue weighted by atomic mass is 10.0. The summed E-state index contributed by atoms with van der Waals surface area (Å²) in [5, 5.41) is 14.5. The van der Waals surface area contributed by atoms with Crippen LogP contribution in [0.3, 0.4) is 0 Å². The van der Waals surface area contributed by atoms with E-state index in [4.69, 9.17) is 28.9 Å². The highest BCUT2D eigenvalue weighted by Gasteiger charge is 2.10. The first-order valence-corrected chi connectivity index (χ1v) is 8.97. The standard InChI is InChI=1S/C20H19ClN2O3S/c1-12(2)14-6-3-13(4-7-14)5-10-18(24)23-20(27)22-15-8-9-17(21)16(11-15)19(25)26/h3-12H,1-2H3,(H,25,26)(H2,22,23,24,27)/b10-5+. The number of rotatable bonds is 5. The smallest absolute Gasteiger partial charge is 0.337 e. The predicted molar refractivity (Wildman–Crippen MR) is 112 cm³/mol. The van der Waals surface area contributed by atoms with Gasteiger partial charge in [-0.2, -0.15) is 0 Å². The average Bonchev–Trinajstić information content (AvgIpc) is 2.61. The highest BCUT2D eigenvalue weighted by molar-refractivity contribution is 7.80. The van der Waals surface area contributed by atoms with E-state index in [0.29, 0.717) is 11.6 Å². The van der Waals surface area contributed by atoms with Gasteiger partial charge in [0.25, 0.3) is 0 Å². The molecule has 1 amide bonds. The highest BCUT2D eigenvalue weighted by atomic mass is 35.5. The Bertz CT molecular complexity index is 893. The lowest BCUT2D eigenvalue weighted by Gasteiger charge is -2.09. The summed E-state index contributed by atoms with van der Waals surface area (Å²) in [7, 11) is 0. The molecular formula is C20H19ClN2O3S. The van der Waals surface area contributed by atoms with Crippen molar-refractivity contribution in [3.8, 4) is 0 Å². The number of amides is 1. The number of thiocarbonyl (C=S) groups is 1. The van der Waals surface area contributed by atoms with E-state index >= 15 is 0 Å². The molecule has 2 rings (SSSR count). The minimum Gasteiger partial charge on any atom is -0.478 e. The first-order valence-electron chi connectivity index (χ1n) is 8.19. The molecule has 0 aromatic heterocycles. The number of carbonyl (C=O) groups excluding carboxylic acids is 1. The third-order valence-corrected chi connectivity index (χ3v) is 4.26. The summed E-state index contributed by atoms with van der Waals surface area (Å²) in [6.45, 7) is 4.23. The molecule has 0 aliphatic rings. The molecule has 0 unspecified atom stereocenters. The summed E-state index contributed by atoms with van der Waals surface area (Å²) in [5.41, 5.74) is 2.48. The monoisotopic (exact) mass is 402 g/mol. The number of halogens is 1. The Hall–Kier alpha value is -2.70. The predicted octanol–water partition coefficient (Wildman–Crippen LogP) is 4.69. The molecule has 2 aromatic rings. The first kappa shape index (κ1) is 20.6. The molecule has 0 spiro atoms. The summed E-state index contributed by atoms with van der Waals surface area (Å²) in [5.74, 6) is -1.10. The number of nitrogens with one attached hydrogen (secondary N) is 2. The van der Waals surface area contributed by atoms with Crippen molar-refractivity contribution in [1.29, 1.82) is 0 Å². The first-order chi connectivity index (χ1) is 12.8. The molecule has 27 heavy (non-hydrogen) atoms. The molecule has 0 radical (unpaired) electrons. The van der Waals surface area contributed by atoms with Crippen LogP contribution in [0.25, 0.3) is 6.08 Å². The molecule has 0 atom stereocenters. The fraction of sp³-hybridized carbons (Fsp3) is 0.150. The van der Waals surface area contributed by atoms with E-state index in [1.807, 2.05) is 24.3 Å². The van der Waals surface area contributed by atoms with Crippen LogP contribution < -0.4 is 10.6 Å². The van der Waals surface area contributed by atoms with Gasteiger partial charge in [0.2, 0.25) is 5.91 Å². The fourth-order valence-corrected chi connectivity index (χ4v) is 2.66. The summed E-state index contributed by atoms with van der Waals surface area (Å²) in [4.78, 5) is 23.1. The minimum absolute atomic E-state index is 0.0541. The van der Waals surface area contributed by atoms with Gasteiger partial charge in [-0.05, 0) is 53.5 Å². The summed E-state index contributed by atoms with van der Waals surface area (Å²) < 4.78 is 0. The van der Waals surface area contributed by atoms with E-state index in [-0.39, 0.29) is 15.7 Å². The van der Waals surface area contributed by atoms with Crippen molar-refractivity contribution in [3.63, 3.8) is 0 Å². The number of hydrogen-bond acceptors (Lipinski definition) is 3. The van der Waals surface area contributed by atoms with Gasteiger partial charge in [-0.1, -0.05) is 49.7 Å². The van der Waals surface area contributed by atoms with Crippen LogP contribution in [0.15, 0.2) is 48.5 Å². The van der Waals surface area contributed by atoms with Gasteiger partial charge < -0.3 is 10.4 Å². The Morgan fingerprint density at radius 3 is 2.41 bits per heavy atom. The van der Waals surface area contributed by atoms with Crippen LogP contribution in [0.4, 0.5) is 5.69 Å². The quantitative estimate of drug-likeness (QED) is 0.499. The lowest BCUT2D eigenvalue weighted by Crippen LogP contribution is -2.32. The number of carbonyl (C=O) groups is 2. The second-order valence-corrected chi connectivity index (χ2v) is 6.91. The molecule has 0 aliphatic heterocycles. The Balaban J connectivity index is 1.94. The molecule has 0 fully saturated rings. The number of carboxylic acid groups (broad SMARTS) is 1. The fourth-order valence-electron chi connectivity index (χ4n) is 2.25.